The number of esters is 2. The van der Waals surface area contributed by atoms with Gasteiger partial charge in [-0.25, -0.2) is 4.79 Å². The first kappa shape index (κ1) is 23.9. The Balaban J connectivity index is 5.50. The van der Waals surface area contributed by atoms with E-state index < -0.39 is 47.3 Å². The Labute approximate surface area is 154 Å². The molecule has 0 aromatic rings. The molecule has 0 aliphatic rings. The third-order valence-corrected chi connectivity index (χ3v) is 3.78. The van der Waals surface area contributed by atoms with Gasteiger partial charge in [0.1, 0.15) is 6.61 Å². The fourth-order valence-electron chi connectivity index (χ4n) is 2.35. The summed E-state index contributed by atoms with van der Waals surface area (Å²) in [6.45, 7) is 11.6. The number of amides is 1. The van der Waals surface area contributed by atoms with Gasteiger partial charge in [0.15, 0.2) is 0 Å². The zero-order valence-corrected chi connectivity index (χ0v) is 16.6. The van der Waals surface area contributed by atoms with Crippen LogP contribution in [-0.4, -0.2) is 47.7 Å². The molecule has 0 fully saturated rings. The summed E-state index contributed by atoms with van der Waals surface area (Å²) in [7, 11) is 0. The minimum absolute atomic E-state index is 0.00437. The second kappa shape index (κ2) is 10.1. The molecular weight excluding hydrogens is 342 g/mol. The topological polar surface area (TPSA) is 119 Å². The van der Waals surface area contributed by atoms with Crippen LogP contribution in [0.25, 0.3) is 0 Å². The summed E-state index contributed by atoms with van der Waals surface area (Å²) in [6.07, 6.45) is -1.36. The van der Waals surface area contributed by atoms with Crippen molar-refractivity contribution in [3.8, 4) is 0 Å². The SMILES string of the molecule is CC(=O)OC[C@@H](NC(=O)[C@H](CC(C)C)[C@H](OC(C)=O)C(=O)O)C(C)(C)C. The predicted molar refractivity (Wildman–Crippen MR) is 94.2 cm³/mol. The van der Waals surface area contributed by atoms with Crippen molar-refractivity contribution in [3.63, 3.8) is 0 Å². The molecule has 8 heteroatoms. The van der Waals surface area contributed by atoms with Crippen molar-refractivity contribution in [1.82, 2.24) is 5.32 Å². The van der Waals surface area contributed by atoms with E-state index >= 15 is 0 Å². The Hall–Kier alpha value is -2.12. The van der Waals surface area contributed by atoms with E-state index in [-0.39, 0.29) is 18.9 Å². The van der Waals surface area contributed by atoms with Gasteiger partial charge >= 0.3 is 17.9 Å². The fraction of sp³-hybridized carbons (Fsp3) is 0.778. The Morgan fingerprint density at radius 1 is 1.04 bits per heavy atom. The van der Waals surface area contributed by atoms with Crippen LogP contribution >= 0.6 is 0 Å². The van der Waals surface area contributed by atoms with Crippen LogP contribution < -0.4 is 5.32 Å². The van der Waals surface area contributed by atoms with Crippen molar-refractivity contribution < 1.29 is 33.8 Å². The summed E-state index contributed by atoms with van der Waals surface area (Å²) in [5.41, 5.74) is -0.437. The van der Waals surface area contributed by atoms with Crippen LogP contribution in [0.2, 0.25) is 0 Å². The lowest BCUT2D eigenvalue weighted by Gasteiger charge is -2.33. The van der Waals surface area contributed by atoms with Gasteiger partial charge in [0.05, 0.1) is 12.0 Å². The predicted octanol–water partition coefficient (Wildman–Crippen LogP) is 1.76. The third-order valence-electron chi connectivity index (χ3n) is 3.78. The summed E-state index contributed by atoms with van der Waals surface area (Å²) in [4.78, 5) is 46.7. The minimum Gasteiger partial charge on any atom is -0.478 e. The lowest BCUT2D eigenvalue weighted by atomic mass is 9.85. The van der Waals surface area contributed by atoms with Gasteiger partial charge in [-0.3, -0.25) is 14.4 Å². The van der Waals surface area contributed by atoms with Crippen molar-refractivity contribution in [1.29, 1.82) is 0 Å². The Morgan fingerprint density at radius 2 is 1.58 bits per heavy atom. The van der Waals surface area contributed by atoms with E-state index in [1.807, 2.05) is 34.6 Å². The van der Waals surface area contributed by atoms with Crippen LogP contribution in [0.1, 0.15) is 54.9 Å². The molecule has 0 radical (unpaired) electrons. The summed E-state index contributed by atoms with van der Waals surface area (Å²) >= 11 is 0. The normalized spacial score (nSPS) is 14.9. The molecular formula is C18H31NO7. The van der Waals surface area contributed by atoms with Crippen LogP contribution in [0.5, 0.6) is 0 Å². The highest BCUT2D eigenvalue weighted by molar-refractivity contribution is 5.87. The van der Waals surface area contributed by atoms with Crippen LogP contribution in [0, 0.1) is 17.3 Å². The molecule has 0 saturated heterocycles. The first-order valence-corrected chi connectivity index (χ1v) is 8.59. The lowest BCUT2D eigenvalue weighted by molar-refractivity contribution is -0.169. The number of hydrogen-bond donors (Lipinski definition) is 2. The van der Waals surface area contributed by atoms with Gasteiger partial charge in [-0.05, 0) is 17.8 Å². The van der Waals surface area contributed by atoms with Crippen molar-refractivity contribution in [2.24, 2.45) is 17.3 Å². The van der Waals surface area contributed by atoms with Crippen LogP contribution in [0.15, 0.2) is 0 Å². The van der Waals surface area contributed by atoms with Gasteiger partial charge in [-0.2, -0.15) is 0 Å². The molecule has 0 aliphatic carbocycles. The van der Waals surface area contributed by atoms with E-state index in [9.17, 15) is 24.3 Å². The van der Waals surface area contributed by atoms with E-state index in [1.54, 1.807) is 0 Å². The van der Waals surface area contributed by atoms with Gasteiger partial charge in [0.2, 0.25) is 12.0 Å². The number of ether oxygens (including phenoxy) is 2. The van der Waals surface area contributed by atoms with Crippen molar-refractivity contribution in [3.05, 3.63) is 0 Å². The largest absolute Gasteiger partial charge is 0.478 e. The fourth-order valence-corrected chi connectivity index (χ4v) is 2.35. The Kier molecular flexibility index (Phi) is 9.31. The number of aliphatic carboxylic acids is 1. The highest BCUT2D eigenvalue weighted by Crippen LogP contribution is 2.23. The van der Waals surface area contributed by atoms with Gasteiger partial charge in [-0.1, -0.05) is 34.6 Å². The first-order valence-electron chi connectivity index (χ1n) is 8.59. The summed E-state index contributed by atoms with van der Waals surface area (Å²) < 4.78 is 9.89. The maximum Gasteiger partial charge on any atom is 0.345 e. The molecule has 0 spiro atoms. The third kappa shape index (κ3) is 8.82. The highest BCUT2D eigenvalue weighted by atomic mass is 16.6. The molecule has 2 N–H and O–H groups in total. The molecule has 0 saturated carbocycles. The number of carbonyl (C=O) groups is 4. The van der Waals surface area contributed by atoms with E-state index in [1.165, 1.54) is 6.92 Å². The second-order valence-corrected chi connectivity index (χ2v) is 7.83. The van der Waals surface area contributed by atoms with Gasteiger partial charge < -0.3 is 19.9 Å². The molecule has 0 rings (SSSR count). The van der Waals surface area contributed by atoms with Crippen LogP contribution in [-0.2, 0) is 28.7 Å². The first-order chi connectivity index (χ1) is 11.8. The number of nitrogens with one attached hydrogen (secondary N) is 1. The summed E-state index contributed by atoms with van der Waals surface area (Å²) in [6, 6.07) is -0.527. The highest BCUT2D eigenvalue weighted by Gasteiger charge is 2.39. The zero-order valence-electron chi connectivity index (χ0n) is 16.6. The van der Waals surface area contributed by atoms with E-state index in [0.717, 1.165) is 6.92 Å². The molecule has 0 aromatic carbocycles. The smallest absolute Gasteiger partial charge is 0.345 e. The number of carboxylic acids is 1. The minimum atomic E-state index is -1.58. The van der Waals surface area contributed by atoms with Gasteiger partial charge in [-0.15, -0.1) is 0 Å². The molecule has 0 heterocycles. The Morgan fingerprint density at radius 3 is 1.92 bits per heavy atom. The van der Waals surface area contributed by atoms with Gasteiger partial charge in [0.25, 0.3) is 0 Å². The number of hydrogen-bond acceptors (Lipinski definition) is 6. The molecule has 150 valence electrons. The monoisotopic (exact) mass is 373 g/mol. The molecule has 0 bridgehead atoms. The lowest BCUT2D eigenvalue weighted by Crippen LogP contribution is -2.52. The van der Waals surface area contributed by atoms with Crippen molar-refractivity contribution in [2.75, 3.05) is 6.61 Å². The maximum atomic E-state index is 12.8. The Bertz CT molecular complexity index is 522. The summed E-state index contributed by atoms with van der Waals surface area (Å²) in [5.74, 6) is -4.24. The molecule has 0 aliphatic heterocycles. The number of carboxylic acid groups (broad SMARTS) is 1. The molecule has 0 aromatic heterocycles. The van der Waals surface area contributed by atoms with E-state index in [0.29, 0.717) is 0 Å². The average Bonchev–Trinajstić information content (AvgIpc) is 2.44. The molecule has 3 atom stereocenters. The van der Waals surface area contributed by atoms with Gasteiger partial charge in [0, 0.05) is 13.8 Å². The molecule has 0 unspecified atom stereocenters. The second-order valence-electron chi connectivity index (χ2n) is 7.83. The zero-order chi connectivity index (χ0) is 20.7. The van der Waals surface area contributed by atoms with Crippen molar-refractivity contribution >= 4 is 23.8 Å². The standard InChI is InChI=1S/C18H31NO7/c1-10(2)8-13(15(17(23)24)26-12(4)21)16(22)19-14(18(5,6)7)9-25-11(3)20/h10,13-15H,8-9H2,1-7H3,(H,19,22)(H,23,24)/t13-,14-,15+/m1/s1. The van der Waals surface area contributed by atoms with Crippen LogP contribution in [0.3, 0.4) is 0 Å². The average molecular weight is 373 g/mol. The molecule has 26 heavy (non-hydrogen) atoms. The van der Waals surface area contributed by atoms with E-state index in [2.05, 4.69) is 5.32 Å². The van der Waals surface area contributed by atoms with Crippen LogP contribution in [0.4, 0.5) is 0 Å². The van der Waals surface area contributed by atoms with Crippen molar-refractivity contribution in [2.45, 2.75) is 67.0 Å². The summed E-state index contributed by atoms with van der Waals surface area (Å²) in [5, 5.41) is 12.2. The maximum absolute atomic E-state index is 12.8. The number of rotatable bonds is 9. The number of carbonyl (C=O) groups excluding carboxylic acids is 3. The molecule has 1 amide bonds. The molecule has 8 nitrogen and oxygen atoms in total. The van der Waals surface area contributed by atoms with E-state index in [4.69, 9.17) is 9.47 Å². The quantitative estimate of drug-likeness (QED) is 0.591.